The Hall–Kier alpha value is -6.77. The van der Waals surface area contributed by atoms with E-state index in [0.717, 1.165) is 28.1 Å². The van der Waals surface area contributed by atoms with Gasteiger partial charge in [0, 0.05) is 16.6 Å². The molecule has 9 aromatic carbocycles. The molecule has 0 fully saturated rings. The van der Waals surface area contributed by atoms with Crippen molar-refractivity contribution < 1.29 is 0 Å². The molecule has 0 aliphatic carbocycles. The Labute approximate surface area is 296 Å². The molecule has 0 atom stereocenters. The molecule has 10 rings (SSSR count). The highest BCUT2D eigenvalue weighted by molar-refractivity contribution is 6.22. The molecule has 2 heteroatoms. The summed E-state index contributed by atoms with van der Waals surface area (Å²) in [5, 5.41) is 7.42. The van der Waals surface area contributed by atoms with Gasteiger partial charge in [0.15, 0.2) is 0 Å². The summed E-state index contributed by atoms with van der Waals surface area (Å²) in [6.07, 6.45) is 0. The second kappa shape index (κ2) is 12.0. The van der Waals surface area contributed by atoms with E-state index in [0.29, 0.717) is 0 Å². The van der Waals surface area contributed by atoms with Gasteiger partial charge in [0.05, 0.1) is 11.0 Å². The van der Waals surface area contributed by atoms with Crippen LogP contribution in [-0.4, -0.2) is 9.55 Å². The predicted octanol–water partition coefficient (Wildman–Crippen LogP) is 13.2. The molecule has 0 bridgehead atoms. The Bertz CT molecular complexity index is 2870. The van der Waals surface area contributed by atoms with Crippen molar-refractivity contribution in [3.05, 3.63) is 194 Å². The Balaban J connectivity index is 1.18. The van der Waals surface area contributed by atoms with Crippen LogP contribution in [0.2, 0.25) is 0 Å². The highest BCUT2D eigenvalue weighted by Crippen LogP contribution is 2.45. The molecule has 0 saturated carbocycles. The summed E-state index contributed by atoms with van der Waals surface area (Å²) in [7, 11) is 0. The molecule has 0 unspecified atom stereocenters. The van der Waals surface area contributed by atoms with Gasteiger partial charge in [-0.15, -0.1) is 0 Å². The third kappa shape index (κ3) is 4.84. The van der Waals surface area contributed by atoms with Crippen molar-refractivity contribution in [3.8, 4) is 50.5 Å². The fraction of sp³-hybridized carbons (Fsp3) is 0. The Morgan fingerprint density at radius 2 is 0.843 bits per heavy atom. The van der Waals surface area contributed by atoms with Crippen molar-refractivity contribution in [2.75, 3.05) is 0 Å². The van der Waals surface area contributed by atoms with E-state index in [2.05, 4.69) is 199 Å². The molecule has 51 heavy (non-hydrogen) atoms. The average molecular weight is 649 g/mol. The largest absolute Gasteiger partial charge is 0.292 e. The lowest BCUT2D eigenvalue weighted by molar-refractivity contribution is 1.11. The number of imidazole rings is 1. The van der Waals surface area contributed by atoms with Gasteiger partial charge in [0.25, 0.3) is 0 Å². The van der Waals surface area contributed by atoms with Crippen molar-refractivity contribution >= 4 is 43.4 Å². The van der Waals surface area contributed by atoms with Gasteiger partial charge in [-0.05, 0) is 84.6 Å². The van der Waals surface area contributed by atoms with Gasteiger partial charge in [-0.25, -0.2) is 4.98 Å². The van der Waals surface area contributed by atoms with Crippen molar-refractivity contribution in [2.24, 2.45) is 0 Å². The van der Waals surface area contributed by atoms with Crippen LogP contribution in [0, 0.1) is 0 Å². The summed E-state index contributed by atoms with van der Waals surface area (Å²) >= 11 is 0. The number of hydrogen-bond acceptors (Lipinski definition) is 1. The molecule has 0 spiro atoms. The van der Waals surface area contributed by atoms with Crippen LogP contribution in [0.1, 0.15) is 0 Å². The molecule has 0 radical (unpaired) electrons. The maximum atomic E-state index is 5.18. The molecule has 1 heterocycles. The number of fused-ring (bicyclic) bond motifs is 5. The van der Waals surface area contributed by atoms with Gasteiger partial charge in [-0.3, -0.25) is 4.57 Å². The maximum Gasteiger partial charge on any atom is 0.145 e. The molecule has 0 aliphatic heterocycles. The summed E-state index contributed by atoms with van der Waals surface area (Å²) in [5.74, 6) is 0.938. The summed E-state index contributed by atoms with van der Waals surface area (Å²) in [5.41, 5.74) is 11.6. The second-order valence-corrected chi connectivity index (χ2v) is 13.1. The van der Waals surface area contributed by atoms with Crippen LogP contribution in [0.3, 0.4) is 0 Å². The molecule has 10 aromatic rings. The van der Waals surface area contributed by atoms with Crippen LogP contribution in [0.25, 0.3) is 93.8 Å². The number of hydrogen-bond donors (Lipinski definition) is 0. The standard InChI is InChI=1S/C49H32N2/c1-4-15-35(16-5-1)46-41-22-12-13-23-42(41)47(36-17-6-2-7-18-36)44-32-38(26-30-43(44)46)33-24-28-39(29-25-33)51-48-40-21-11-10-14-34(40)27-31-45(48)50-49(51)37-19-8-3-9-20-37/h1-32H. The van der Waals surface area contributed by atoms with Crippen LogP contribution in [0.5, 0.6) is 0 Å². The van der Waals surface area contributed by atoms with Gasteiger partial charge in [0.1, 0.15) is 5.82 Å². The van der Waals surface area contributed by atoms with E-state index in [9.17, 15) is 0 Å². The normalized spacial score (nSPS) is 11.5. The molecular formula is C49H32N2. The Morgan fingerprint density at radius 1 is 0.333 bits per heavy atom. The van der Waals surface area contributed by atoms with E-state index < -0.39 is 0 Å². The van der Waals surface area contributed by atoms with Crippen LogP contribution in [0.15, 0.2) is 194 Å². The zero-order valence-corrected chi connectivity index (χ0v) is 27.9. The van der Waals surface area contributed by atoms with Gasteiger partial charge in [-0.1, -0.05) is 170 Å². The minimum absolute atomic E-state index is 0.938. The SMILES string of the molecule is c1ccc(-c2c3ccccc3c(-c3ccccc3)c3cc(-c4ccc(-n5c(-c6ccccc6)nc6ccc7ccccc7c65)cc4)ccc23)cc1. The number of rotatable bonds is 5. The van der Waals surface area contributed by atoms with Gasteiger partial charge < -0.3 is 0 Å². The lowest BCUT2D eigenvalue weighted by Crippen LogP contribution is -1.98. The lowest BCUT2D eigenvalue weighted by atomic mass is 9.85. The Kier molecular flexibility index (Phi) is 6.85. The molecule has 2 nitrogen and oxygen atoms in total. The molecule has 0 aliphatic rings. The minimum atomic E-state index is 0.938. The summed E-state index contributed by atoms with van der Waals surface area (Å²) in [6.45, 7) is 0. The number of aromatic nitrogens is 2. The first-order valence-electron chi connectivity index (χ1n) is 17.5. The average Bonchev–Trinajstić information content (AvgIpc) is 3.61. The van der Waals surface area contributed by atoms with Gasteiger partial charge in [-0.2, -0.15) is 0 Å². The fourth-order valence-corrected chi connectivity index (χ4v) is 7.86. The quantitative estimate of drug-likeness (QED) is 0.170. The third-order valence-corrected chi connectivity index (χ3v) is 10.2. The fourth-order valence-electron chi connectivity index (χ4n) is 7.86. The van der Waals surface area contributed by atoms with E-state index in [1.165, 1.54) is 65.7 Å². The van der Waals surface area contributed by atoms with Crippen LogP contribution in [-0.2, 0) is 0 Å². The molecule has 1 aromatic heterocycles. The smallest absolute Gasteiger partial charge is 0.145 e. The van der Waals surface area contributed by atoms with E-state index >= 15 is 0 Å². The van der Waals surface area contributed by atoms with Crippen LogP contribution >= 0.6 is 0 Å². The zero-order chi connectivity index (χ0) is 33.7. The zero-order valence-electron chi connectivity index (χ0n) is 27.9. The van der Waals surface area contributed by atoms with Gasteiger partial charge in [0.2, 0.25) is 0 Å². The number of nitrogens with zero attached hydrogens (tertiary/aromatic N) is 2. The van der Waals surface area contributed by atoms with Crippen molar-refractivity contribution in [3.63, 3.8) is 0 Å². The second-order valence-electron chi connectivity index (χ2n) is 13.1. The highest BCUT2D eigenvalue weighted by atomic mass is 15.1. The maximum absolute atomic E-state index is 5.18. The van der Waals surface area contributed by atoms with Crippen LogP contribution < -0.4 is 0 Å². The Morgan fingerprint density at radius 3 is 1.49 bits per heavy atom. The molecule has 0 saturated heterocycles. The van der Waals surface area contributed by atoms with E-state index in [-0.39, 0.29) is 0 Å². The molecule has 238 valence electrons. The van der Waals surface area contributed by atoms with Gasteiger partial charge >= 0.3 is 0 Å². The van der Waals surface area contributed by atoms with Crippen LogP contribution in [0.4, 0.5) is 0 Å². The molecule has 0 amide bonds. The minimum Gasteiger partial charge on any atom is -0.292 e. The molecular weight excluding hydrogens is 617 g/mol. The van der Waals surface area contributed by atoms with Crippen molar-refractivity contribution in [1.82, 2.24) is 9.55 Å². The lowest BCUT2D eigenvalue weighted by Gasteiger charge is -2.19. The highest BCUT2D eigenvalue weighted by Gasteiger charge is 2.19. The monoisotopic (exact) mass is 648 g/mol. The molecule has 0 N–H and O–H groups in total. The van der Waals surface area contributed by atoms with E-state index in [4.69, 9.17) is 4.98 Å². The predicted molar refractivity (Wildman–Crippen MR) is 215 cm³/mol. The third-order valence-electron chi connectivity index (χ3n) is 10.2. The first-order valence-corrected chi connectivity index (χ1v) is 17.5. The topological polar surface area (TPSA) is 17.8 Å². The van der Waals surface area contributed by atoms with Crippen molar-refractivity contribution in [2.45, 2.75) is 0 Å². The number of benzene rings is 9. The summed E-state index contributed by atoms with van der Waals surface area (Å²) in [4.78, 5) is 5.18. The summed E-state index contributed by atoms with van der Waals surface area (Å²) < 4.78 is 2.32. The first kappa shape index (κ1) is 29.2. The van der Waals surface area contributed by atoms with E-state index in [1.807, 2.05) is 0 Å². The van der Waals surface area contributed by atoms with Crippen molar-refractivity contribution in [1.29, 1.82) is 0 Å². The van der Waals surface area contributed by atoms with E-state index in [1.54, 1.807) is 0 Å². The first-order chi connectivity index (χ1) is 25.3. The summed E-state index contributed by atoms with van der Waals surface area (Å²) in [6, 6.07) is 69.8.